The van der Waals surface area contributed by atoms with Gasteiger partial charge in [0.05, 0.1) is 11.1 Å². The Balaban J connectivity index is 2.05. The van der Waals surface area contributed by atoms with E-state index < -0.39 is 60.5 Å². The lowest BCUT2D eigenvalue weighted by atomic mass is 10.0. The lowest BCUT2D eigenvalue weighted by Crippen LogP contribution is -2.33. The van der Waals surface area contributed by atoms with Crippen LogP contribution in [0.15, 0.2) is 54.7 Å². The number of hydrogen-bond donors (Lipinski definition) is 1. The van der Waals surface area contributed by atoms with E-state index in [9.17, 15) is 40.6 Å². The van der Waals surface area contributed by atoms with Crippen LogP contribution in [0.1, 0.15) is 22.3 Å². The van der Waals surface area contributed by atoms with Gasteiger partial charge in [-0.1, -0.05) is 23.7 Å². The number of nitrogens with zero attached hydrogens (tertiary/aromatic N) is 2. The second kappa shape index (κ2) is 10.2. The van der Waals surface area contributed by atoms with Crippen LogP contribution >= 0.6 is 11.6 Å². The average Bonchev–Trinajstić information content (AvgIpc) is 2.78. The molecule has 1 heterocycles. The molecule has 4 nitrogen and oxygen atoms in total. The molecule has 0 fully saturated rings. The molecule has 0 saturated heterocycles. The number of benzene rings is 2. The van der Waals surface area contributed by atoms with Crippen LogP contribution in [0.25, 0.3) is 11.1 Å². The van der Waals surface area contributed by atoms with E-state index in [1.54, 1.807) is 6.07 Å². The molecule has 1 amide bonds. The molecule has 186 valence electrons. The van der Waals surface area contributed by atoms with E-state index in [1.807, 2.05) is 0 Å². The zero-order valence-electron chi connectivity index (χ0n) is 17.6. The van der Waals surface area contributed by atoms with Crippen molar-refractivity contribution in [2.75, 3.05) is 6.61 Å². The lowest BCUT2D eigenvalue weighted by molar-refractivity contribution is -0.143. The van der Waals surface area contributed by atoms with Crippen LogP contribution in [0.5, 0.6) is 0 Å². The number of carbonyl (C=O) groups excluding carboxylic acids is 1. The molecule has 0 saturated carbocycles. The number of halogens is 8. The van der Waals surface area contributed by atoms with E-state index >= 15 is 0 Å². The minimum atomic E-state index is -5.07. The van der Waals surface area contributed by atoms with E-state index in [0.717, 1.165) is 4.90 Å². The smallest absolute Gasteiger partial charge is 0.387 e. The third kappa shape index (κ3) is 6.49. The van der Waals surface area contributed by atoms with Crippen molar-refractivity contribution in [3.63, 3.8) is 0 Å². The van der Waals surface area contributed by atoms with Crippen LogP contribution in [0, 0.1) is 5.82 Å². The summed E-state index contributed by atoms with van der Waals surface area (Å²) in [5.41, 5.74) is -2.72. The van der Waals surface area contributed by atoms with E-state index in [4.69, 9.17) is 11.6 Å². The predicted molar refractivity (Wildman–Crippen MR) is 112 cm³/mol. The van der Waals surface area contributed by atoms with Crippen molar-refractivity contribution in [3.8, 4) is 11.1 Å². The van der Waals surface area contributed by atoms with E-state index in [1.165, 1.54) is 30.5 Å². The van der Waals surface area contributed by atoms with Crippen LogP contribution in [0.3, 0.4) is 0 Å². The maximum Gasteiger partial charge on any atom is 0.416 e. The molecular formula is C23H16ClF7N2O2. The largest absolute Gasteiger partial charge is 0.416 e. The van der Waals surface area contributed by atoms with Gasteiger partial charge in [0, 0.05) is 24.8 Å². The van der Waals surface area contributed by atoms with Crippen molar-refractivity contribution in [1.29, 1.82) is 0 Å². The topological polar surface area (TPSA) is 53.4 Å². The molecule has 12 heteroatoms. The molecule has 0 unspecified atom stereocenters. The highest BCUT2D eigenvalue weighted by Gasteiger charge is 2.37. The fourth-order valence-electron chi connectivity index (χ4n) is 3.40. The molecule has 0 spiro atoms. The molecular weight excluding hydrogens is 505 g/mol. The first-order valence-corrected chi connectivity index (χ1v) is 10.2. The molecule has 0 atom stereocenters. The Morgan fingerprint density at radius 1 is 0.943 bits per heavy atom. The highest BCUT2D eigenvalue weighted by atomic mass is 35.5. The summed E-state index contributed by atoms with van der Waals surface area (Å²) in [4.78, 5) is 17.1. The van der Waals surface area contributed by atoms with Gasteiger partial charge in [0.15, 0.2) is 0 Å². The van der Waals surface area contributed by atoms with Gasteiger partial charge in [-0.2, -0.15) is 26.3 Å². The summed E-state index contributed by atoms with van der Waals surface area (Å²) in [6, 6.07) is 7.75. The summed E-state index contributed by atoms with van der Waals surface area (Å²) in [5.74, 6) is -1.56. The van der Waals surface area contributed by atoms with Gasteiger partial charge >= 0.3 is 12.4 Å². The standard InChI is InChI=1S/C23H16ClF7N2O2/c24-21-19(18(4-5-32-21)14-2-1-3-17(25)8-14)11-33(20(35)12-34)10-13-6-15(22(26,27)28)9-16(7-13)23(29,30)31/h1-9,34H,10-12H2. The third-order valence-electron chi connectivity index (χ3n) is 5.00. The number of aliphatic hydroxyl groups excluding tert-OH is 1. The summed E-state index contributed by atoms with van der Waals surface area (Å²) in [6.07, 6.45) is -8.83. The number of aromatic nitrogens is 1. The number of aliphatic hydroxyl groups is 1. The molecule has 1 N–H and O–H groups in total. The summed E-state index contributed by atoms with van der Waals surface area (Å²) in [7, 11) is 0. The van der Waals surface area contributed by atoms with Gasteiger partial charge in [-0.25, -0.2) is 9.37 Å². The van der Waals surface area contributed by atoms with Crippen LogP contribution in [-0.4, -0.2) is 27.5 Å². The maximum atomic E-state index is 13.8. The van der Waals surface area contributed by atoms with Crippen LogP contribution in [0.4, 0.5) is 30.7 Å². The lowest BCUT2D eigenvalue weighted by Gasteiger charge is -2.25. The maximum absolute atomic E-state index is 13.8. The van der Waals surface area contributed by atoms with Crippen LogP contribution in [0.2, 0.25) is 5.15 Å². The van der Waals surface area contributed by atoms with E-state index in [-0.39, 0.29) is 16.8 Å². The minimum absolute atomic E-state index is 0.0260. The fourth-order valence-corrected chi connectivity index (χ4v) is 3.62. The number of rotatable bonds is 6. The van der Waals surface area contributed by atoms with Crippen molar-refractivity contribution < 1.29 is 40.6 Å². The Morgan fingerprint density at radius 2 is 1.57 bits per heavy atom. The Morgan fingerprint density at radius 3 is 2.11 bits per heavy atom. The summed E-state index contributed by atoms with van der Waals surface area (Å²) >= 11 is 6.18. The molecule has 0 bridgehead atoms. The predicted octanol–water partition coefficient (Wildman–Crippen LogP) is 6.10. The van der Waals surface area contributed by atoms with Crippen LogP contribution < -0.4 is 0 Å². The SMILES string of the molecule is O=C(CO)N(Cc1cc(C(F)(F)F)cc(C(F)(F)F)c1)Cc1c(-c2cccc(F)c2)ccnc1Cl. The van der Waals surface area contributed by atoms with Crippen molar-refractivity contribution in [2.24, 2.45) is 0 Å². The van der Waals surface area contributed by atoms with Gasteiger partial charge in [-0.15, -0.1) is 0 Å². The third-order valence-corrected chi connectivity index (χ3v) is 5.32. The number of alkyl halides is 6. The molecule has 3 rings (SSSR count). The Hall–Kier alpha value is -3.18. The van der Waals surface area contributed by atoms with Gasteiger partial charge in [-0.05, 0) is 53.1 Å². The molecule has 1 aromatic heterocycles. The molecule has 0 aliphatic heterocycles. The fraction of sp³-hybridized carbons (Fsp3) is 0.217. The molecule has 35 heavy (non-hydrogen) atoms. The van der Waals surface area contributed by atoms with Crippen molar-refractivity contribution in [3.05, 3.63) is 88.0 Å². The first-order valence-electron chi connectivity index (χ1n) is 9.86. The van der Waals surface area contributed by atoms with Crippen molar-refractivity contribution >= 4 is 17.5 Å². The van der Waals surface area contributed by atoms with Gasteiger partial charge in [0.25, 0.3) is 0 Å². The van der Waals surface area contributed by atoms with Crippen molar-refractivity contribution in [2.45, 2.75) is 25.4 Å². The Labute approximate surface area is 199 Å². The van der Waals surface area contributed by atoms with Gasteiger partial charge in [0.2, 0.25) is 5.91 Å². The molecule has 3 aromatic rings. The highest BCUT2D eigenvalue weighted by molar-refractivity contribution is 6.30. The highest BCUT2D eigenvalue weighted by Crippen LogP contribution is 2.37. The minimum Gasteiger partial charge on any atom is -0.387 e. The number of amides is 1. The Bertz CT molecular complexity index is 1200. The van der Waals surface area contributed by atoms with Gasteiger partial charge < -0.3 is 10.0 Å². The van der Waals surface area contributed by atoms with E-state index in [0.29, 0.717) is 23.3 Å². The summed E-state index contributed by atoms with van der Waals surface area (Å²) < 4.78 is 93.1. The quantitative estimate of drug-likeness (QED) is 0.316. The molecule has 2 aromatic carbocycles. The second-order valence-corrected chi connectivity index (χ2v) is 7.82. The second-order valence-electron chi connectivity index (χ2n) is 7.46. The van der Waals surface area contributed by atoms with Gasteiger partial charge in [0.1, 0.15) is 17.6 Å². The first kappa shape index (κ1) is 26.4. The van der Waals surface area contributed by atoms with E-state index in [2.05, 4.69) is 4.98 Å². The normalized spacial score (nSPS) is 12.0. The summed E-state index contributed by atoms with van der Waals surface area (Å²) in [5, 5.41) is 9.25. The Kier molecular flexibility index (Phi) is 7.71. The number of hydrogen-bond acceptors (Lipinski definition) is 3. The van der Waals surface area contributed by atoms with Crippen LogP contribution in [-0.2, 0) is 30.2 Å². The number of carbonyl (C=O) groups is 1. The monoisotopic (exact) mass is 520 g/mol. The molecule has 0 radical (unpaired) electrons. The van der Waals surface area contributed by atoms with Gasteiger partial charge in [-0.3, -0.25) is 4.79 Å². The zero-order chi connectivity index (χ0) is 26.0. The summed E-state index contributed by atoms with van der Waals surface area (Å²) in [6.45, 7) is -2.21. The zero-order valence-corrected chi connectivity index (χ0v) is 18.3. The number of pyridine rings is 1. The molecule has 0 aliphatic carbocycles. The average molecular weight is 521 g/mol. The van der Waals surface area contributed by atoms with Crippen molar-refractivity contribution in [1.82, 2.24) is 9.88 Å². The first-order chi connectivity index (χ1) is 16.3. The molecule has 0 aliphatic rings.